The summed E-state index contributed by atoms with van der Waals surface area (Å²) in [4.78, 5) is 11.4. The lowest BCUT2D eigenvalue weighted by molar-refractivity contribution is -0.117. The van der Waals surface area contributed by atoms with E-state index in [4.69, 9.17) is 0 Å². The molecule has 0 amide bonds. The number of allylic oxidation sites excluding steroid dienone is 2. The number of carbonyl (C=O) groups excluding carboxylic acids is 1. The molecule has 0 saturated carbocycles. The summed E-state index contributed by atoms with van der Waals surface area (Å²) >= 11 is 0. The number of ketones is 1. The smallest absolute Gasteiger partial charge is 0.159 e. The van der Waals surface area contributed by atoms with Gasteiger partial charge in [0.1, 0.15) is 0 Å². The zero-order valence-electron chi connectivity index (χ0n) is 7.55. The minimum absolute atomic E-state index is 0.360. The second-order valence-electron chi connectivity index (χ2n) is 3.78. The molecule has 1 aliphatic rings. The fourth-order valence-corrected chi connectivity index (χ4v) is 1.52. The number of Topliss-reactive ketones (excluding diaryl/α,β-unsaturated/α-hetero) is 1. The Labute approximate surface area is 68.5 Å². The third-order valence-electron chi connectivity index (χ3n) is 2.22. The Kier molecular flexibility index (Phi) is 2.48. The van der Waals surface area contributed by atoms with Crippen molar-refractivity contribution in [1.29, 1.82) is 0 Å². The Morgan fingerprint density at radius 3 is 2.64 bits per heavy atom. The van der Waals surface area contributed by atoms with Crippen molar-refractivity contribution in [2.24, 2.45) is 11.8 Å². The molecule has 0 unspecified atom stereocenters. The van der Waals surface area contributed by atoms with Crippen molar-refractivity contribution < 1.29 is 4.79 Å². The van der Waals surface area contributed by atoms with Crippen LogP contribution in [0.4, 0.5) is 0 Å². The number of hydrogen-bond donors (Lipinski definition) is 0. The maximum atomic E-state index is 11.4. The van der Waals surface area contributed by atoms with Gasteiger partial charge in [0.2, 0.25) is 0 Å². The van der Waals surface area contributed by atoms with Crippen LogP contribution in [-0.2, 0) is 4.79 Å². The predicted octanol–water partition coefficient (Wildman–Crippen LogP) is 2.57. The fraction of sp³-hybridized carbons (Fsp3) is 0.700. The fourth-order valence-electron chi connectivity index (χ4n) is 1.52. The van der Waals surface area contributed by atoms with E-state index in [1.165, 1.54) is 0 Å². The summed E-state index contributed by atoms with van der Waals surface area (Å²) in [6.45, 7) is 6.30. The van der Waals surface area contributed by atoms with Crippen molar-refractivity contribution in [2.75, 3.05) is 0 Å². The average molecular weight is 152 g/mol. The first kappa shape index (κ1) is 8.51. The topological polar surface area (TPSA) is 17.1 Å². The van der Waals surface area contributed by atoms with E-state index in [0.717, 1.165) is 18.4 Å². The molecule has 0 spiro atoms. The third kappa shape index (κ3) is 1.92. The highest BCUT2D eigenvalue weighted by molar-refractivity contribution is 5.96. The largest absolute Gasteiger partial charge is 0.295 e. The first-order valence-corrected chi connectivity index (χ1v) is 4.34. The summed E-state index contributed by atoms with van der Waals surface area (Å²) in [5, 5.41) is 0. The molecule has 62 valence electrons. The van der Waals surface area contributed by atoms with Crippen molar-refractivity contribution in [3.05, 3.63) is 11.6 Å². The van der Waals surface area contributed by atoms with Crippen LogP contribution in [0, 0.1) is 11.8 Å². The summed E-state index contributed by atoms with van der Waals surface area (Å²) in [7, 11) is 0. The van der Waals surface area contributed by atoms with Gasteiger partial charge in [-0.3, -0.25) is 4.79 Å². The van der Waals surface area contributed by atoms with Crippen molar-refractivity contribution in [2.45, 2.75) is 33.6 Å². The Hall–Kier alpha value is -0.590. The van der Waals surface area contributed by atoms with Gasteiger partial charge < -0.3 is 0 Å². The highest BCUT2D eigenvalue weighted by Crippen LogP contribution is 2.24. The Balaban J connectivity index is 2.73. The van der Waals surface area contributed by atoms with Gasteiger partial charge in [0, 0.05) is 6.42 Å². The van der Waals surface area contributed by atoms with E-state index in [-0.39, 0.29) is 0 Å². The van der Waals surface area contributed by atoms with E-state index in [2.05, 4.69) is 26.8 Å². The number of rotatable bonds is 1. The van der Waals surface area contributed by atoms with E-state index < -0.39 is 0 Å². The Bertz CT molecular complexity index is 189. The lowest BCUT2D eigenvalue weighted by atomic mass is 9.85. The first-order valence-electron chi connectivity index (χ1n) is 4.34. The van der Waals surface area contributed by atoms with Gasteiger partial charge in [-0.05, 0) is 23.8 Å². The first-order chi connectivity index (χ1) is 5.11. The molecule has 0 bridgehead atoms. The molecule has 1 nitrogen and oxygen atoms in total. The monoisotopic (exact) mass is 152 g/mol. The van der Waals surface area contributed by atoms with Crippen LogP contribution < -0.4 is 0 Å². The van der Waals surface area contributed by atoms with Gasteiger partial charge in [0.25, 0.3) is 0 Å². The maximum absolute atomic E-state index is 11.4. The van der Waals surface area contributed by atoms with Crippen LogP contribution in [0.5, 0.6) is 0 Å². The van der Waals surface area contributed by atoms with Crippen LogP contribution in [0.2, 0.25) is 0 Å². The van der Waals surface area contributed by atoms with Crippen molar-refractivity contribution in [3.63, 3.8) is 0 Å². The van der Waals surface area contributed by atoms with Crippen LogP contribution in [0.25, 0.3) is 0 Å². The lowest BCUT2D eigenvalue weighted by Crippen LogP contribution is -2.16. The minimum Gasteiger partial charge on any atom is -0.295 e. The summed E-state index contributed by atoms with van der Waals surface area (Å²) < 4.78 is 0. The number of hydrogen-bond acceptors (Lipinski definition) is 1. The summed E-state index contributed by atoms with van der Waals surface area (Å²) in [5.74, 6) is 1.33. The zero-order valence-corrected chi connectivity index (χ0v) is 7.55. The molecule has 0 fully saturated rings. The van der Waals surface area contributed by atoms with Gasteiger partial charge in [-0.25, -0.2) is 0 Å². The van der Waals surface area contributed by atoms with Gasteiger partial charge in [0.05, 0.1) is 0 Å². The van der Waals surface area contributed by atoms with Gasteiger partial charge in [-0.15, -0.1) is 0 Å². The lowest BCUT2D eigenvalue weighted by Gasteiger charge is -2.19. The van der Waals surface area contributed by atoms with E-state index >= 15 is 0 Å². The van der Waals surface area contributed by atoms with Gasteiger partial charge >= 0.3 is 0 Å². The van der Waals surface area contributed by atoms with Crippen molar-refractivity contribution in [3.8, 4) is 0 Å². The van der Waals surface area contributed by atoms with Gasteiger partial charge in [-0.1, -0.05) is 26.8 Å². The molecule has 1 aliphatic carbocycles. The minimum atomic E-state index is 0.360. The Morgan fingerprint density at radius 2 is 2.18 bits per heavy atom. The van der Waals surface area contributed by atoms with E-state index in [0.29, 0.717) is 17.6 Å². The van der Waals surface area contributed by atoms with E-state index in [9.17, 15) is 4.79 Å². The molecular formula is C10H16O. The SMILES string of the molecule is CC(C)C1=CC[C@@H](C)CC1=O. The molecule has 1 heteroatoms. The van der Waals surface area contributed by atoms with Gasteiger partial charge in [-0.2, -0.15) is 0 Å². The molecule has 0 aromatic heterocycles. The van der Waals surface area contributed by atoms with Crippen LogP contribution in [0.3, 0.4) is 0 Å². The third-order valence-corrected chi connectivity index (χ3v) is 2.22. The summed E-state index contributed by atoms with van der Waals surface area (Å²) in [5.41, 5.74) is 1.04. The highest BCUT2D eigenvalue weighted by atomic mass is 16.1. The molecular weight excluding hydrogens is 136 g/mol. The summed E-state index contributed by atoms with van der Waals surface area (Å²) in [6, 6.07) is 0. The molecule has 1 atom stereocenters. The molecule has 0 heterocycles. The van der Waals surface area contributed by atoms with E-state index in [1.807, 2.05) is 0 Å². The quantitative estimate of drug-likeness (QED) is 0.564. The normalized spacial score (nSPS) is 25.6. The average Bonchev–Trinajstić information content (AvgIpc) is 1.85. The molecule has 0 saturated heterocycles. The molecule has 1 rings (SSSR count). The second-order valence-corrected chi connectivity index (χ2v) is 3.78. The molecule has 0 radical (unpaired) electrons. The second kappa shape index (κ2) is 3.21. The van der Waals surface area contributed by atoms with E-state index in [1.54, 1.807) is 0 Å². The predicted molar refractivity (Wildman–Crippen MR) is 46.3 cm³/mol. The van der Waals surface area contributed by atoms with Crippen LogP contribution in [-0.4, -0.2) is 5.78 Å². The van der Waals surface area contributed by atoms with Gasteiger partial charge in [0.15, 0.2) is 5.78 Å². The zero-order chi connectivity index (χ0) is 8.43. The molecule has 0 aromatic rings. The molecule has 11 heavy (non-hydrogen) atoms. The molecule has 0 aliphatic heterocycles. The standard InChI is InChI=1S/C10H16O/c1-7(2)9-5-4-8(3)6-10(9)11/h5,7-8H,4,6H2,1-3H3/t8-/m1/s1. The number of carbonyl (C=O) groups is 1. The van der Waals surface area contributed by atoms with Crippen LogP contribution >= 0.6 is 0 Å². The van der Waals surface area contributed by atoms with Crippen LogP contribution in [0.1, 0.15) is 33.6 Å². The molecule has 0 aromatic carbocycles. The highest BCUT2D eigenvalue weighted by Gasteiger charge is 2.20. The summed E-state index contributed by atoms with van der Waals surface area (Å²) in [6.07, 6.45) is 3.95. The Morgan fingerprint density at radius 1 is 1.55 bits per heavy atom. The van der Waals surface area contributed by atoms with Crippen molar-refractivity contribution in [1.82, 2.24) is 0 Å². The van der Waals surface area contributed by atoms with Crippen LogP contribution in [0.15, 0.2) is 11.6 Å². The maximum Gasteiger partial charge on any atom is 0.159 e. The van der Waals surface area contributed by atoms with Crippen molar-refractivity contribution >= 4 is 5.78 Å². The molecule has 0 N–H and O–H groups in total.